The molecule has 0 saturated heterocycles. The van der Waals surface area contributed by atoms with E-state index in [1.165, 1.54) is 0 Å². The number of hydrogen-bond acceptors (Lipinski definition) is 1. The molecule has 0 saturated carbocycles. The van der Waals surface area contributed by atoms with Crippen molar-refractivity contribution < 1.29 is 4.12 Å². The van der Waals surface area contributed by atoms with E-state index in [4.69, 9.17) is 4.12 Å². The maximum absolute atomic E-state index is 5.68. The summed E-state index contributed by atoms with van der Waals surface area (Å²) in [5, 5.41) is 0. The van der Waals surface area contributed by atoms with Crippen LogP contribution in [0.4, 0.5) is 0 Å². The van der Waals surface area contributed by atoms with Crippen LogP contribution in [0.25, 0.3) is 0 Å². The Hall–Kier alpha value is 0.394. The van der Waals surface area contributed by atoms with Crippen molar-refractivity contribution in [1.82, 2.24) is 0 Å². The summed E-state index contributed by atoms with van der Waals surface area (Å²) >= 11 is 0. The van der Waals surface area contributed by atoms with Crippen molar-refractivity contribution >= 4 is 17.4 Å². The summed E-state index contributed by atoms with van der Waals surface area (Å²) in [6, 6.07) is 0. The molecule has 0 unspecified atom stereocenters. The first-order chi connectivity index (χ1) is 3.42. The summed E-state index contributed by atoms with van der Waals surface area (Å²) in [5.41, 5.74) is 0. The Balaban J connectivity index is 3.39. The number of hydrogen-bond donors (Lipinski definition) is 0. The first kappa shape index (κ1) is 8.39. The lowest BCUT2D eigenvalue weighted by Gasteiger charge is -2.19. The second kappa shape index (κ2) is 2.80. The molecule has 0 atom stereocenters. The molecule has 0 aromatic rings. The summed E-state index contributed by atoms with van der Waals surface area (Å²) in [4.78, 5) is 0. The molecule has 49 valence electrons. The fourth-order valence-electron chi connectivity index (χ4n) is 0.612. The van der Waals surface area contributed by atoms with Crippen LogP contribution in [0.2, 0.25) is 32.7 Å². The van der Waals surface area contributed by atoms with Gasteiger partial charge < -0.3 is 4.12 Å². The minimum Gasteiger partial charge on any atom is -0.456 e. The Morgan fingerprint density at radius 2 is 1.50 bits per heavy atom. The van der Waals surface area contributed by atoms with Gasteiger partial charge in [-0.25, -0.2) is 0 Å². The van der Waals surface area contributed by atoms with Gasteiger partial charge in [0.25, 0.3) is 0 Å². The van der Waals surface area contributed by atoms with Gasteiger partial charge in [0.2, 0.25) is 0 Å². The molecule has 0 amide bonds. The standard InChI is InChI=1S/C5H15OSi2/c1-7(2)6-8(3,4)5/h1-5H3. The lowest BCUT2D eigenvalue weighted by molar-refractivity contribution is 0.583. The van der Waals surface area contributed by atoms with Crippen LogP contribution < -0.4 is 0 Å². The molecule has 0 N–H and O–H groups in total. The molecule has 0 aromatic carbocycles. The van der Waals surface area contributed by atoms with Crippen molar-refractivity contribution in [3.05, 3.63) is 0 Å². The zero-order chi connectivity index (χ0) is 6.78. The fourth-order valence-corrected chi connectivity index (χ4v) is 5.51. The van der Waals surface area contributed by atoms with E-state index < -0.39 is 17.4 Å². The molecule has 3 heteroatoms. The molecule has 0 fully saturated rings. The summed E-state index contributed by atoms with van der Waals surface area (Å²) in [7, 11) is -1.61. The monoisotopic (exact) mass is 147 g/mol. The Labute approximate surface area is 54.9 Å². The Morgan fingerprint density at radius 1 is 1.12 bits per heavy atom. The average molecular weight is 147 g/mol. The van der Waals surface area contributed by atoms with Gasteiger partial charge in [0.15, 0.2) is 17.4 Å². The lowest BCUT2D eigenvalue weighted by atomic mass is 11.8. The molecule has 0 heterocycles. The van der Waals surface area contributed by atoms with E-state index >= 15 is 0 Å². The van der Waals surface area contributed by atoms with E-state index in [1.54, 1.807) is 0 Å². The highest BCUT2D eigenvalue weighted by Gasteiger charge is 2.15. The van der Waals surface area contributed by atoms with Crippen molar-refractivity contribution in [2.24, 2.45) is 0 Å². The predicted molar refractivity (Wildman–Crippen MR) is 41.9 cm³/mol. The van der Waals surface area contributed by atoms with Crippen LogP contribution in [0.3, 0.4) is 0 Å². The quantitative estimate of drug-likeness (QED) is 0.543. The zero-order valence-electron chi connectivity index (χ0n) is 6.41. The summed E-state index contributed by atoms with van der Waals surface area (Å²) in [6.45, 7) is 11.0. The van der Waals surface area contributed by atoms with E-state index in [1.807, 2.05) is 0 Å². The van der Waals surface area contributed by atoms with E-state index in [9.17, 15) is 0 Å². The highest BCUT2D eigenvalue weighted by molar-refractivity contribution is 6.76. The molecule has 8 heavy (non-hydrogen) atoms. The second-order valence-corrected chi connectivity index (χ2v) is 9.98. The Bertz CT molecular complexity index is 65.3. The van der Waals surface area contributed by atoms with Gasteiger partial charge in [-0.3, -0.25) is 0 Å². The SMILES string of the molecule is C[Si](C)O[Si](C)(C)C. The van der Waals surface area contributed by atoms with Gasteiger partial charge in [-0.1, -0.05) is 0 Å². The van der Waals surface area contributed by atoms with E-state index in [0.29, 0.717) is 0 Å². The third-order valence-electron chi connectivity index (χ3n) is 0.510. The Kier molecular flexibility index (Phi) is 2.94. The maximum atomic E-state index is 5.68. The first-order valence-corrected chi connectivity index (χ1v) is 8.72. The van der Waals surface area contributed by atoms with Gasteiger partial charge >= 0.3 is 0 Å². The summed E-state index contributed by atoms with van der Waals surface area (Å²) in [5.74, 6) is 0. The van der Waals surface area contributed by atoms with Crippen LogP contribution in [0.1, 0.15) is 0 Å². The van der Waals surface area contributed by atoms with E-state index in [2.05, 4.69) is 32.7 Å². The van der Waals surface area contributed by atoms with Crippen LogP contribution in [-0.2, 0) is 4.12 Å². The molecule has 0 bridgehead atoms. The minimum absolute atomic E-state index is 0.430. The van der Waals surface area contributed by atoms with Gasteiger partial charge in [0, 0.05) is 0 Å². The smallest absolute Gasteiger partial charge is 0.191 e. The molecule has 1 nitrogen and oxygen atoms in total. The van der Waals surface area contributed by atoms with Crippen molar-refractivity contribution in [1.29, 1.82) is 0 Å². The van der Waals surface area contributed by atoms with Gasteiger partial charge in [-0.15, -0.1) is 0 Å². The highest BCUT2D eigenvalue weighted by atomic mass is 28.4. The molecule has 0 aliphatic rings. The third kappa shape index (κ3) is 6.39. The molecule has 0 spiro atoms. The Morgan fingerprint density at radius 3 is 1.50 bits per heavy atom. The van der Waals surface area contributed by atoms with Crippen LogP contribution in [-0.4, -0.2) is 17.4 Å². The van der Waals surface area contributed by atoms with Crippen LogP contribution >= 0.6 is 0 Å². The lowest BCUT2D eigenvalue weighted by Crippen LogP contribution is -2.31. The van der Waals surface area contributed by atoms with Crippen molar-refractivity contribution in [3.63, 3.8) is 0 Å². The van der Waals surface area contributed by atoms with Gasteiger partial charge in [0.05, 0.1) is 0 Å². The molecule has 0 rings (SSSR count). The molecular formula is C5H15OSi2. The molecule has 0 aromatic heterocycles. The fraction of sp³-hybridized carbons (Fsp3) is 1.00. The van der Waals surface area contributed by atoms with Crippen LogP contribution in [0, 0.1) is 0 Å². The van der Waals surface area contributed by atoms with Crippen molar-refractivity contribution in [2.75, 3.05) is 0 Å². The zero-order valence-corrected chi connectivity index (χ0v) is 8.41. The van der Waals surface area contributed by atoms with E-state index in [-0.39, 0.29) is 0 Å². The molecule has 0 aliphatic heterocycles. The largest absolute Gasteiger partial charge is 0.456 e. The van der Waals surface area contributed by atoms with Gasteiger partial charge in [0.1, 0.15) is 0 Å². The van der Waals surface area contributed by atoms with Gasteiger partial charge in [-0.2, -0.15) is 0 Å². The summed E-state index contributed by atoms with van der Waals surface area (Å²) in [6.07, 6.45) is 0. The van der Waals surface area contributed by atoms with Crippen molar-refractivity contribution in [3.8, 4) is 0 Å². The second-order valence-electron chi connectivity index (χ2n) is 3.12. The predicted octanol–water partition coefficient (Wildman–Crippen LogP) is 2.09. The van der Waals surface area contributed by atoms with Crippen LogP contribution in [0.5, 0.6) is 0 Å². The molecule has 1 radical (unpaired) electrons. The van der Waals surface area contributed by atoms with Crippen LogP contribution in [0.15, 0.2) is 0 Å². The minimum atomic E-state index is -1.18. The average Bonchev–Trinajstić information content (AvgIpc) is 1.21. The van der Waals surface area contributed by atoms with Crippen molar-refractivity contribution in [2.45, 2.75) is 32.7 Å². The maximum Gasteiger partial charge on any atom is 0.191 e. The van der Waals surface area contributed by atoms with Gasteiger partial charge in [-0.05, 0) is 32.7 Å². The summed E-state index contributed by atoms with van der Waals surface area (Å²) < 4.78 is 5.68. The normalized spacial score (nSPS) is 12.8. The molecular weight excluding hydrogens is 132 g/mol. The topological polar surface area (TPSA) is 9.23 Å². The number of rotatable bonds is 2. The molecule has 0 aliphatic carbocycles. The third-order valence-corrected chi connectivity index (χ3v) is 4.59. The van der Waals surface area contributed by atoms with E-state index in [0.717, 1.165) is 0 Å². The highest BCUT2D eigenvalue weighted by Crippen LogP contribution is 2.03. The first-order valence-electron chi connectivity index (χ1n) is 2.91.